The maximum absolute atomic E-state index is 6.05. The highest BCUT2D eigenvalue weighted by atomic mass is 16.7. The molecule has 132 valence electrons. The fourth-order valence-electron chi connectivity index (χ4n) is 3.01. The lowest BCUT2D eigenvalue weighted by molar-refractivity contribution is -0.210. The number of guanidine groups is 1. The van der Waals surface area contributed by atoms with Crippen LogP contribution in [0.25, 0.3) is 0 Å². The van der Waals surface area contributed by atoms with Gasteiger partial charge in [0.1, 0.15) is 6.10 Å². The maximum atomic E-state index is 6.05. The molecule has 0 amide bonds. The first-order valence-electron chi connectivity index (χ1n) is 8.63. The molecule has 0 radical (unpaired) electrons. The largest absolute Gasteiger partial charge is 0.381 e. The molecule has 3 rings (SSSR count). The van der Waals surface area contributed by atoms with Gasteiger partial charge in [-0.3, -0.25) is 4.99 Å². The van der Waals surface area contributed by atoms with Crippen molar-refractivity contribution in [1.29, 1.82) is 0 Å². The van der Waals surface area contributed by atoms with Crippen LogP contribution < -0.4 is 11.1 Å². The molecule has 1 spiro atoms. The molecule has 2 aliphatic rings. The average molecular weight is 333 g/mol. The molecule has 0 aliphatic carbocycles. The average Bonchev–Trinajstić information content (AvgIpc) is 2.96. The van der Waals surface area contributed by atoms with Gasteiger partial charge in [0, 0.05) is 18.5 Å². The number of rotatable bonds is 4. The van der Waals surface area contributed by atoms with E-state index in [0.717, 1.165) is 18.5 Å². The van der Waals surface area contributed by atoms with Crippen molar-refractivity contribution in [3.63, 3.8) is 0 Å². The summed E-state index contributed by atoms with van der Waals surface area (Å²) in [7, 11) is 0. The zero-order chi connectivity index (χ0) is 17.0. The lowest BCUT2D eigenvalue weighted by Gasteiger charge is -2.31. The molecule has 1 aromatic rings. The normalized spacial score (nSPS) is 23.8. The van der Waals surface area contributed by atoms with Gasteiger partial charge in [-0.25, -0.2) is 0 Å². The monoisotopic (exact) mass is 333 g/mol. The predicted octanol–water partition coefficient (Wildman–Crippen LogP) is 2.46. The van der Waals surface area contributed by atoms with Crippen LogP contribution >= 0.6 is 0 Å². The summed E-state index contributed by atoms with van der Waals surface area (Å²) in [6, 6.07) is 8.22. The van der Waals surface area contributed by atoms with Crippen molar-refractivity contribution in [3.05, 3.63) is 29.8 Å². The number of benzene rings is 1. The first-order valence-corrected chi connectivity index (χ1v) is 8.63. The van der Waals surface area contributed by atoms with Crippen molar-refractivity contribution in [2.45, 2.75) is 44.5 Å². The Morgan fingerprint density at radius 3 is 2.92 bits per heavy atom. The smallest absolute Gasteiger partial charge is 0.193 e. The first kappa shape index (κ1) is 17.2. The van der Waals surface area contributed by atoms with Gasteiger partial charge in [-0.1, -0.05) is 26.0 Å². The van der Waals surface area contributed by atoms with E-state index in [-0.39, 0.29) is 6.10 Å². The van der Waals surface area contributed by atoms with Crippen LogP contribution in [-0.4, -0.2) is 44.2 Å². The van der Waals surface area contributed by atoms with E-state index in [2.05, 4.69) is 36.3 Å². The topological polar surface area (TPSA) is 78.1 Å². The van der Waals surface area contributed by atoms with Crippen LogP contribution in [0.3, 0.4) is 0 Å². The summed E-state index contributed by atoms with van der Waals surface area (Å²) >= 11 is 0. The lowest BCUT2D eigenvalue weighted by atomic mass is 10.0. The van der Waals surface area contributed by atoms with E-state index in [1.807, 2.05) is 12.1 Å². The highest BCUT2D eigenvalue weighted by Crippen LogP contribution is 2.33. The minimum absolute atomic E-state index is 0.0505. The lowest BCUT2D eigenvalue weighted by Crippen LogP contribution is -2.38. The van der Waals surface area contributed by atoms with Crippen molar-refractivity contribution in [2.75, 3.05) is 31.7 Å². The van der Waals surface area contributed by atoms with Crippen molar-refractivity contribution in [2.24, 2.45) is 10.7 Å². The van der Waals surface area contributed by atoms with Gasteiger partial charge in [0.25, 0.3) is 0 Å². The molecule has 2 heterocycles. The van der Waals surface area contributed by atoms with Crippen LogP contribution in [0.15, 0.2) is 29.3 Å². The van der Waals surface area contributed by atoms with Gasteiger partial charge in [-0.15, -0.1) is 0 Å². The molecule has 0 saturated carbocycles. The minimum atomic E-state index is -0.466. The SMILES string of the molecule is CC(C)c1cccc(NC(N)=NCC2COC3(CCOCC3)O2)c1. The van der Waals surface area contributed by atoms with Gasteiger partial charge in [0.05, 0.1) is 26.4 Å². The molecule has 1 aromatic carbocycles. The van der Waals surface area contributed by atoms with E-state index in [0.29, 0.717) is 38.2 Å². The van der Waals surface area contributed by atoms with Crippen LogP contribution in [0, 0.1) is 0 Å². The van der Waals surface area contributed by atoms with Crippen LogP contribution in [-0.2, 0) is 14.2 Å². The van der Waals surface area contributed by atoms with Gasteiger partial charge < -0.3 is 25.3 Å². The number of hydrogen-bond acceptors (Lipinski definition) is 4. The van der Waals surface area contributed by atoms with Crippen LogP contribution in [0.1, 0.15) is 38.2 Å². The number of nitrogens with zero attached hydrogens (tertiary/aromatic N) is 1. The van der Waals surface area contributed by atoms with Crippen molar-refractivity contribution in [3.8, 4) is 0 Å². The summed E-state index contributed by atoms with van der Waals surface area (Å²) in [5.41, 5.74) is 8.22. The van der Waals surface area contributed by atoms with E-state index in [1.165, 1.54) is 5.56 Å². The molecule has 6 nitrogen and oxygen atoms in total. The second kappa shape index (κ2) is 7.51. The van der Waals surface area contributed by atoms with Crippen LogP contribution in [0.4, 0.5) is 5.69 Å². The third-order valence-corrected chi connectivity index (χ3v) is 4.46. The van der Waals surface area contributed by atoms with Gasteiger partial charge in [-0.05, 0) is 23.6 Å². The van der Waals surface area contributed by atoms with Gasteiger partial charge in [0.2, 0.25) is 0 Å². The number of nitrogens with one attached hydrogen (secondary N) is 1. The molecule has 24 heavy (non-hydrogen) atoms. The quantitative estimate of drug-likeness (QED) is 0.654. The van der Waals surface area contributed by atoms with Gasteiger partial charge in [-0.2, -0.15) is 0 Å². The fourth-order valence-corrected chi connectivity index (χ4v) is 3.01. The second-order valence-corrected chi connectivity index (χ2v) is 6.71. The Bertz CT molecular complexity index is 583. The Labute approximate surface area is 143 Å². The first-order chi connectivity index (χ1) is 11.6. The molecular weight excluding hydrogens is 306 g/mol. The molecule has 0 aromatic heterocycles. The molecule has 0 bridgehead atoms. The molecular formula is C18H27N3O3. The predicted molar refractivity (Wildman–Crippen MR) is 94.3 cm³/mol. The molecule has 1 unspecified atom stereocenters. The number of hydrogen-bond donors (Lipinski definition) is 2. The summed E-state index contributed by atoms with van der Waals surface area (Å²) in [5, 5.41) is 3.14. The Balaban J connectivity index is 1.52. The number of nitrogens with two attached hydrogens (primary N) is 1. The Hall–Kier alpha value is -1.63. The number of ether oxygens (including phenoxy) is 3. The molecule has 2 fully saturated rings. The fraction of sp³-hybridized carbons (Fsp3) is 0.611. The zero-order valence-electron chi connectivity index (χ0n) is 14.5. The third kappa shape index (κ3) is 4.26. The zero-order valence-corrected chi connectivity index (χ0v) is 14.5. The van der Waals surface area contributed by atoms with Crippen molar-refractivity contribution >= 4 is 11.6 Å². The molecule has 3 N–H and O–H groups in total. The maximum Gasteiger partial charge on any atom is 0.193 e. The van der Waals surface area contributed by atoms with E-state index in [4.69, 9.17) is 19.9 Å². The summed E-state index contributed by atoms with van der Waals surface area (Å²) in [6.07, 6.45) is 1.51. The minimum Gasteiger partial charge on any atom is -0.381 e. The second-order valence-electron chi connectivity index (χ2n) is 6.71. The Morgan fingerprint density at radius 1 is 1.38 bits per heavy atom. The highest BCUT2D eigenvalue weighted by molar-refractivity contribution is 5.92. The van der Waals surface area contributed by atoms with Crippen LogP contribution in [0.5, 0.6) is 0 Å². The standard InChI is InChI=1S/C18H27N3O3/c1-13(2)14-4-3-5-15(10-14)21-17(19)20-11-16-12-23-18(24-16)6-8-22-9-7-18/h3-5,10,13,16H,6-9,11-12H2,1-2H3,(H3,19,20,21). The molecule has 1 atom stereocenters. The Morgan fingerprint density at radius 2 is 2.17 bits per heavy atom. The summed E-state index contributed by atoms with van der Waals surface area (Å²) in [4.78, 5) is 4.40. The molecule has 6 heteroatoms. The molecule has 2 aliphatic heterocycles. The van der Waals surface area contributed by atoms with Gasteiger partial charge in [0.15, 0.2) is 11.7 Å². The summed E-state index contributed by atoms with van der Waals surface area (Å²) in [6.45, 7) is 6.75. The van der Waals surface area contributed by atoms with E-state index in [1.54, 1.807) is 0 Å². The van der Waals surface area contributed by atoms with Crippen LogP contribution in [0.2, 0.25) is 0 Å². The van der Waals surface area contributed by atoms with Gasteiger partial charge >= 0.3 is 0 Å². The number of aliphatic imine (C=N–C) groups is 1. The van der Waals surface area contributed by atoms with E-state index < -0.39 is 5.79 Å². The third-order valence-electron chi connectivity index (χ3n) is 4.46. The summed E-state index contributed by atoms with van der Waals surface area (Å²) < 4.78 is 17.3. The highest BCUT2D eigenvalue weighted by Gasteiger charge is 2.42. The number of anilines is 1. The van der Waals surface area contributed by atoms with Crippen molar-refractivity contribution in [1.82, 2.24) is 0 Å². The van der Waals surface area contributed by atoms with E-state index >= 15 is 0 Å². The Kier molecular flexibility index (Phi) is 5.38. The summed E-state index contributed by atoms with van der Waals surface area (Å²) in [5.74, 6) is 0.406. The molecule has 2 saturated heterocycles. The van der Waals surface area contributed by atoms with Crippen molar-refractivity contribution < 1.29 is 14.2 Å². The van der Waals surface area contributed by atoms with E-state index in [9.17, 15) is 0 Å².